The normalized spacial score (nSPS) is 18.2. The summed E-state index contributed by atoms with van der Waals surface area (Å²) in [6.45, 7) is 5.78. The van der Waals surface area contributed by atoms with Gasteiger partial charge in [-0.25, -0.2) is 4.79 Å². The Labute approximate surface area is 164 Å². The van der Waals surface area contributed by atoms with Gasteiger partial charge in [-0.05, 0) is 31.9 Å². The lowest BCUT2D eigenvalue weighted by Crippen LogP contribution is -2.53. The lowest BCUT2D eigenvalue weighted by Gasteiger charge is -2.35. The Kier molecular flexibility index (Phi) is 6.91. The van der Waals surface area contributed by atoms with Gasteiger partial charge in [0.25, 0.3) is 5.91 Å². The zero-order chi connectivity index (χ0) is 19.9. The van der Waals surface area contributed by atoms with Crippen molar-refractivity contribution in [3.05, 3.63) is 24.2 Å². The van der Waals surface area contributed by atoms with E-state index in [0.717, 1.165) is 12.8 Å². The van der Waals surface area contributed by atoms with Gasteiger partial charge in [-0.15, -0.1) is 0 Å². The molecule has 0 saturated carbocycles. The molecule has 9 heteroatoms. The maximum absolute atomic E-state index is 12.5. The highest BCUT2D eigenvalue weighted by Gasteiger charge is 2.27. The third kappa shape index (κ3) is 5.03. The minimum atomic E-state index is -0.265. The average molecular weight is 392 g/mol. The molecule has 9 nitrogen and oxygen atoms in total. The summed E-state index contributed by atoms with van der Waals surface area (Å²) in [5.74, 6) is 0.233. The summed E-state index contributed by atoms with van der Waals surface area (Å²) in [6.07, 6.45) is 2.82. The highest BCUT2D eigenvalue weighted by Crippen LogP contribution is 2.12. The Morgan fingerprint density at radius 1 is 1.07 bits per heavy atom. The van der Waals surface area contributed by atoms with Gasteiger partial charge in [0.1, 0.15) is 0 Å². The van der Waals surface area contributed by atoms with Crippen molar-refractivity contribution in [2.24, 2.45) is 0 Å². The van der Waals surface area contributed by atoms with Gasteiger partial charge in [0, 0.05) is 45.3 Å². The van der Waals surface area contributed by atoms with Gasteiger partial charge in [0.15, 0.2) is 5.76 Å². The predicted molar refractivity (Wildman–Crippen MR) is 101 cm³/mol. The highest BCUT2D eigenvalue weighted by atomic mass is 16.6. The van der Waals surface area contributed by atoms with Gasteiger partial charge < -0.3 is 29.2 Å². The lowest BCUT2D eigenvalue weighted by molar-refractivity contribution is -0.131. The molecule has 1 N–H and O–H groups in total. The number of carbonyl (C=O) groups excluding carboxylic acids is 3. The van der Waals surface area contributed by atoms with E-state index in [1.807, 2.05) is 0 Å². The highest BCUT2D eigenvalue weighted by molar-refractivity contribution is 5.91. The molecule has 3 heterocycles. The smallest absolute Gasteiger partial charge is 0.409 e. The quantitative estimate of drug-likeness (QED) is 0.796. The van der Waals surface area contributed by atoms with Crippen LogP contribution in [0.1, 0.15) is 30.3 Å². The van der Waals surface area contributed by atoms with Crippen LogP contribution in [-0.2, 0) is 9.53 Å². The number of likely N-dealkylation sites (tertiary alicyclic amines) is 1. The fourth-order valence-electron chi connectivity index (χ4n) is 3.54. The van der Waals surface area contributed by atoms with Gasteiger partial charge in [-0.2, -0.15) is 0 Å². The number of hydrogen-bond donors (Lipinski definition) is 1. The van der Waals surface area contributed by atoms with Gasteiger partial charge in [0.05, 0.1) is 19.4 Å². The monoisotopic (exact) mass is 392 g/mol. The molecule has 2 saturated heterocycles. The molecule has 1 aromatic heterocycles. The molecule has 0 bridgehead atoms. The van der Waals surface area contributed by atoms with Crippen LogP contribution in [0.25, 0.3) is 0 Å². The molecule has 3 rings (SSSR count). The third-order valence-electron chi connectivity index (χ3n) is 5.21. The van der Waals surface area contributed by atoms with Crippen LogP contribution in [0.5, 0.6) is 0 Å². The van der Waals surface area contributed by atoms with Crippen molar-refractivity contribution in [2.45, 2.75) is 25.8 Å². The largest absolute Gasteiger partial charge is 0.459 e. The first-order chi connectivity index (χ1) is 13.6. The van der Waals surface area contributed by atoms with Gasteiger partial charge in [-0.3, -0.25) is 9.59 Å². The predicted octanol–water partition coefficient (Wildman–Crippen LogP) is 0.775. The fourth-order valence-corrected chi connectivity index (χ4v) is 3.54. The van der Waals surface area contributed by atoms with Crippen LogP contribution in [0.15, 0.2) is 22.8 Å². The summed E-state index contributed by atoms with van der Waals surface area (Å²) in [5.41, 5.74) is 0. The number of nitrogens with zero attached hydrogens (tertiary/aromatic N) is 3. The molecule has 0 radical (unpaired) electrons. The van der Waals surface area contributed by atoms with Crippen molar-refractivity contribution in [3.8, 4) is 0 Å². The molecular formula is C19H28N4O5. The number of ether oxygens (including phenoxy) is 1. The zero-order valence-electron chi connectivity index (χ0n) is 16.3. The summed E-state index contributed by atoms with van der Waals surface area (Å²) in [6, 6.07) is 3.56. The second-order valence-electron chi connectivity index (χ2n) is 6.99. The molecule has 0 atom stereocenters. The third-order valence-corrected chi connectivity index (χ3v) is 5.21. The number of piperidine rings is 1. The van der Waals surface area contributed by atoms with E-state index in [9.17, 15) is 14.4 Å². The van der Waals surface area contributed by atoms with Crippen molar-refractivity contribution in [2.75, 3.05) is 52.4 Å². The zero-order valence-corrected chi connectivity index (χ0v) is 16.3. The van der Waals surface area contributed by atoms with Crippen molar-refractivity contribution >= 4 is 17.9 Å². The van der Waals surface area contributed by atoms with Crippen LogP contribution in [0.2, 0.25) is 0 Å². The van der Waals surface area contributed by atoms with Gasteiger partial charge in [-0.1, -0.05) is 0 Å². The van der Waals surface area contributed by atoms with E-state index in [4.69, 9.17) is 9.15 Å². The first-order valence-corrected chi connectivity index (χ1v) is 9.84. The number of nitrogens with one attached hydrogen (secondary N) is 1. The first kappa shape index (κ1) is 20.2. The molecule has 0 aromatic carbocycles. The molecule has 3 amide bonds. The van der Waals surface area contributed by atoms with Crippen LogP contribution in [0.4, 0.5) is 4.79 Å². The number of carbonyl (C=O) groups is 3. The molecule has 154 valence electrons. The number of amides is 3. The first-order valence-electron chi connectivity index (χ1n) is 9.84. The van der Waals surface area contributed by atoms with Crippen molar-refractivity contribution < 1.29 is 23.5 Å². The minimum absolute atomic E-state index is 0.0397. The van der Waals surface area contributed by atoms with E-state index in [1.165, 1.54) is 6.26 Å². The number of piperazine rings is 1. The van der Waals surface area contributed by atoms with E-state index in [2.05, 4.69) is 5.32 Å². The second kappa shape index (κ2) is 9.59. The number of furan rings is 1. The fraction of sp³-hybridized carbons (Fsp3) is 0.632. The van der Waals surface area contributed by atoms with E-state index in [-0.39, 0.29) is 30.5 Å². The molecule has 2 fully saturated rings. The Morgan fingerprint density at radius 2 is 1.75 bits per heavy atom. The van der Waals surface area contributed by atoms with Crippen molar-refractivity contribution in [1.29, 1.82) is 0 Å². The maximum Gasteiger partial charge on any atom is 0.409 e. The van der Waals surface area contributed by atoms with Crippen LogP contribution in [-0.4, -0.2) is 91.1 Å². The van der Waals surface area contributed by atoms with Crippen LogP contribution >= 0.6 is 0 Å². The molecule has 0 spiro atoms. The molecule has 2 aliphatic rings. The Balaban J connectivity index is 1.35. The van der Waals surface area contributed by atoms with Crippen LogP contribution < -0.4 is 5.32 Å². The summed E-state index contributed by atoms with van der Waals surface area (Å²) >= 11 is 0. The summed E-state index contributed by atoms with van der Waals surface area (Å²) in [4.78, 5) is 41.6. The summed E-state index contributed by atoms with van der Waals surface area (Å²) < 4.78 is 10.2. The lowest BCUT2D eigenvalue weighted by atomic mass is 10.1. The van der Waals surface area contributed by atoms with Gasteiger partial charge in [0.2, 0.25) is 5.91 Å². The minimum Gasteiger partial charge on any atom is -0.459 e. The molecule has 0 unspecified atom stereocenters. The topological polar surface area (TPSA) is 95.3 Å². The second-order valence-corrected chi connectivity index (χ2v) is 6.99. The SMILES string of the molecule is CCOC(=O)N1CCC(NCC(=O)N2CCN(C(=O)c3ccco3)CC2)CC1. The molecule has 1 aromatic rings. The number of rotatable bonds is 5. The summed E-state index contributed by atoms with van der Waals surface area (Å²) in [5, 5.41) is 3.30. The van der Waals surface area contributed by atoms with Crippen LogP contribution in [0, 0.1) is 0 Å². The molecule has 0 aliphatic carbocycles. The summed E-state index contributed by atoms with van der Waals surface area (Å²) in [7, 11) is 0. The molecule has 28 heavy (non-hydrogen) atoms. The van der Waals surface area contributed by atoms with E-state index < -0.39 is 0 Å². The Hall–Kier alpha value is -2.55. The average Bonchev–Trinajstić information content (AvgIpc) is 3.27. The van der Waals surface area contributed by atoms with Crippen molar-refractivity contribution in [3.63, 3.8) is 0 Å². The van der Waals surface area contributed by atoms with Crippen LogP contribution in [0.3, 0.4) is 0 Å². The number of hydrogen-bond acceptors (Lipinski definition) is 6. The van der Waals surface area contributed by atoms with E-state index in [1.54, 1.807) is 33.8 Å². The Bertz CT molecular complexity index is 662. The van der Waals surface area contributed by atoms with Gasteiger partial charge >= 0.3 is 6.09 Å². The van der Waals surface area contributed by atoms with E-state index in [0.29, 0.717) is 51.6 Å². The molecular weight excluding hydrogens is 364 g/mol. The van der Waals surface area contributed by atoms with E-state index >= 15 is 0 Å². The van der Waals surface area contributed by atoms with Crippen molar-refractivity contribution in [1.82, 2.24) is 20.0 Å². The Morgan fingerprint density at radius 3 is 2.36 bits per heavy atom. The molecule has 2 aliphatic heterocycles. The maximum atomic E-state index is 12.5. The standard InChI is InChI=1S/C19H28N4O5/c1-2-27-19(26)23-7-5-15(6-8-23)20-14-17(24)21-9-11-22(12-10-21)18(25)16-4-3-13-28-16/h3-4,13,15,20H,2,5-12,14H2,1H3.